The topological polar surface area (TPSA) is 42.0 Å². The molecule has 1 aliphatic rings. The molecule has 0 fully saturated rings. The molecule has 110 valence electrons. The molecule has 0 aromatic carbocycles. The number of hydrogen-bond acceptors (Lipinski definition) is 3. The molecule has 4 heteroatoms. The average molecular weight is 300 g/mol. The number of aryl methyl sites for hydroxylation is 2. The number of fused-ring (bicyclic) bond motifs is 1. The number of hydrogen-bond donors (Lipinski definition) is 1. The summed E-state index contributed by atoms with van der Waals surface area (Å²) in [4.78, 5) is 18.8. The van der Waals surface area contributed by atoms with Crippen LogP contribution in [0.3, 0.4) is 0 Å². The minimum atomic E-state index is -0.0377. The largest absolute Gasteiger partial charge is 0.306 e. The first kappa shape index (κ1) is 14.3. The van der Waals surface area contributed by atoms with Gasteiger partial charge in [0.05, 0.1) is 4.88 Å². The fourth-order valence-electron chi connectivity index (χ4n) is 2.85. The van der Waals surface area contributed by atoms with Gasteiger partial charge in [-0.25, -0.2) is 4.98 Å². The van der Waals surface area contributed by atoms with Crippen molar-refractivity contribution in [1.29, 1.82) is 0 Å². The van der Waals surface area contributed by atoms with Crippen molar-refractivity contribution in [2.24, 2.45) is 5.92 Å². The van der Waals surface area contributed by atoms with E-state index in [-0.39, 0.29) is 5.91 Å². The van der Waals surface area contributed by atoms with Gasteiger partial charge in [-0.05, 0) is 55.4 Å². The van der Waals surface area contributed by atoms with Crippen molar-refractivity contribution in [3.8, 4) is 0 Å². The maximum Gasteiger partial charge on any atom is 0.266 e. The first-order valence-corrected chi connectivity index (χ1v) is 8.33. The van der Waals surface area contributed by atoms with Gasteiger partial charge in [0.1, 0.15) is 5.82 Å². The van der Waals surface area contributed by atoms with Crippen molar-refractivity contribution >= 4 is 23.1 Å². The molecule has 1 N–H and O–H groups in total. The Morgan fingerprint density at radius 3 is 3.14 bits per heavy atom. The number of amides is 1. The molecule has 0 radical (unpaired) electrons. The summed E-state index contributed by atoms with van der Waals surface area (Å²) < 4.78 is 0. The van der Waals surface area contributed by atoms with Gasteiger partial charge in [0.25, 0.3) is 5.91 Å². The Morgan fingerprint density at radius 2 is 2.38 bits per heavy atom. The highest BCUT2D eigenvalue weighted by Crippen LogP contribution is 2.33. The molecule has 0 saturated heterocycles. The molecule has 0 saturated carbocycles. The smallest absolute Gasteiger partial charge is 0.266 e. The number of rotatable bonds is 3. The number of anilines is 1. The number of pyridine rings is 1. The van der Waals surface area contributed by atoms with E-state index in [0.29, 0.717) is 5.82 Å². The Labute approximate surface area is 129 Å². The van der Waals surface area contributed by atoms with E-state index in [9.17, 15) is 4.79 Å². The van der Waals surface area contributed by atoms with Crippen LogP contribution in [0.5, 0.6) is 0 Å². The zero-order chi connectivity index (χ0) is 14.8. The molecule has 1 amide bonds. The minimum absolute atomic E-state index is 0.0377. The summed E-state index contributed by atoms with van der Waals surface area (Å²) in [5.41, 5.74) is 2.36. The molecule has 0 aliphatic heterocycles. The highest BCUT2D eigenvalue weighted by Gasteiger charge is 2.22. The quantitative estimate of drug-likeness (QED) is 0.922. The molecule has 1 atom stereocenters. The van der Waals surface area contributed by atoms with E-state index in [1.54, 1.807) is 17.5 Å². The number of nitrogens with zero attached hydrogens (tertiary/aromatic N) is 1. The summed E-state index contributed by atoms with van der Waals surface area (Å²) in [6.07, 6.45) is 6.43. The number of thiophene rings is 1. The second-order valence-electron chi connectivity index (χ2n) is 5.70. The molecule has 3 rings (SSSR count). The second kappa shape index (κ2) is 5.98. The first-order chi connectivity index (χ1) is 10.2. The predicted octanol–water partition coefficient (Wildman–Crippen LogP) is 4.22. The van der Waals surface area contributed by atoms with Crippen molar-refractivity contribution in [2.75, 3.05) is 5.32 Å². The van der Waals surface area contributed by atoms with Crippen LogP contribution in [-0.4, -0.2) is 10.9 Å². The zero-order valence-electron chi connectivity index (χ0n) is 12.5. The van der Waals surface area contributed by atoms with Crippen LogP contribution in [0.15, 0.2) is 24.4 Å². The lowest BCUT2D eigenvalue weighted by Gasteiger charge is -2.19. The van der Waals surface area contributed by atoms with Crippen molar-refractivity contribution in [3.05, 3.63) is 45.3 Å². The third-order valence-corrected chi connectivity index (χ3v) is 5.46. The lowest BCUT2D eigenvalue weighted by atomic mass is 9.87. The van der Waals surface area contributed by atoms with Crippen LogP contribution in [0.25, 0.3) is 0 Å². The summed E-state index contributed by atoms with van der Waals surface area (Å²) in [5, 5.41) is 2.92. The van der Waals surface area contributed by atoms with E-state index in [2.05, 4.69) is 23.3 Å². The summed E-state index contributed by atoms with van der Waals surface area (Å²) in [7, 11) is 0. The van der Waals surface area contributed by atoms with Crippen LogP contribution >= 0.6 is 11.3 Å². The Hall–Kier alpha value is -1.68. The Balaban J connectivity index is 1.77. The Kier molecular flexibility index (Phi) is 4.06. The highest BCUT2D eigenvalue weighted by molar-refractivity contribution is 7.14. The lowest BCUT2D eigenvalue weighted by molar-refractivity contribution is 0.103. The fourth-order valence-corrected chi connectivity index (χ4v) is 3.95. The summed E-state index contributed by atoms with van der Waals surface area (Å²) in [6.45, 7) is 4.20. The molecule has 1 aliphatic carbocycles. The number of aromatic nitrogens is 1. The van der Waals surface area contributed by atoms with E-state index in [0.717, 1.165) is 29.2 Å². The van der Waals surface area contributed by atoms with E-state index in [4.69, 9.17) is 0 Å². The van der Waals surface area contributed by atoms with Crippen molar-refractivity contribution in [2.45, 2.75) is 39.5 Å². The Bertz CT molecular complexity index is 663. The lowest BCUT2D eigenvalue weighted by Crippen LogP contribution is -2.12. The number of carbonyl (C=O) groups excluding carboxylic acids is 1. The minimum Gasteiger partial charge on any atom is -0.306 e. The zero-order valence-corrected chi connectivity index (χ0v) is 13.3. The van der Waals surface area contributed by atoms with Gasteiger partial charge in [0.2, 0.25) is 0 Å². The molecule has 2 aromatic heterocycles. The van der Waals surface area contributed by atoms with Crippen LogP contribution in [0.2, 0.25) is 0 Å². The third kappa shape index (κ3) is 3.00. The normalized spacial score (nSPS) is 17.3. The second-order valence-corrected chi connectivity index (χ2v) is 6.84. The maximum atomic E-state index is 12.4. The molecular formula is C17H20N2OS. The van der Waals surface area contributed by atoms with Crippen LogP contribution in [-0.2, 0) is 12.8 Å². The number of nitrogens with one attached hydrogen (secondary N) is 1. The first-order valence-electron chi connectivity index (χ1n) is 7.52. The van der Waals surface area contributed by atoms with E-state index in [1.807, 2.05) is 19.1 Å². The molecular weight excluding hydrogens is 280 g/mol. The average Bonchev–Trinajstić information content (AvgIpc) is 2.92. The monoisotopic (exact) mass is 300 g/mol. The fraction of sp³-hybridized carbons (Fsp3) is 0.412. The van der Waals surface area contributed by atoms with Gasteiger partial charge < -0.3 is 5.32 Å². The molecule has 2 heterocycles. The predicted molar refractivity (Wildman–Crippen MR) is 87.1 cm³/mol. The number of carbonyl (C=O) groups is 1. The molecule has 0 spiro atoms. The van der Waals surface area contributed by atoms with Crippen LogP contribution in [0.1, 0.15) is 45.4 Å². The third-order valence-electron chi connectivity index (χ3n) is 4.23. The molecule has 3 nitrogen and oxygen atoms in total. The summed E-state index contributed by atoms with van der Waals surface area (Å²) >= 11 is 1.64. The van der Waals surface area contributed by atoms with Crippen molar-refractivity contribution < 1.29 is 4.79 Å². The van der Waals surface area contributed by atoms with Gasteiger partial charge in [-0.1, -0.05) is 19.4 Å². The SMILES string of the molecule is CC[C@@H]1CCc2sc(C(=O)Nc3ncccc3C)cc2C1. The van der Waals surface area contributed by atoms with Crippen LogP contribution < -0.4 is 5.32 Å². The van der Waals surface area contributed by atoms with Crippen molar-refractivity contribution in [3.63, 3.8) is 0 Å². The standard InChI is InChI=1S/C17H20N2OS/c1-3-12-6-7-14-13(9-12)10-15(21-14)17(20)19-16-11(2)5-4-8-18-16/h4-5,8,10,12H,3,6-7,9H2,1-2H3,(H,18,19,20)/t12-/m1/s1. The highest BCUT2D eigenvalue weighted by atomic mass is 32.1. The van der Waals surface area contributed by atoms with Gasteiger partial charge >= 0.3 is 0 Å². The van der Waals surface area contributed by atoms with Gasteiger partial charge in [0, 0.05) is 11.1 Å². The summed E-state index contributed by atoms with van der Waals surface area (Å²) in [5.74, 6) is 1.39. The van der Waals surface area contributed by atoms with E-state index >= 15 is 0 Å². The van der Waals surface area contributed by atoms with Gasteiger partial charge in [-0.3, -0.25) is 4.79 Å². The molecule has 0 unspecified atom stereocenters. The van der Waals surface area contributed by atoms with Crippen LogP contribution in [0.4, 0.5) is 5.82 Å². The Morgan fingerprint density at radius 1 is 1.52 bits per heavy atom. The molecule has 21 heavy (non-hydrogen) atoms. The van der Waals surface area contributed by atoms with Gasteiger partial charge in [-0.2, -0.15) is 0 Å². The van der Waals surface area contributed by atoms with E-state index in [1.165, 1.54) is 23.3 Å². The van der Waals surface area contributed by atoms with Crippen LogP contribution in [0, 0.1) is 12.8 Å². The van der Waals surface area contributed by atoms with Gasteiger partial charge in [-0.15, -0.1) is 11.3 Å². The molecule has 0 bridgehead atoms. The van der Waals surface area contributed by atoms with Crippen molar-refractivity contribution in [1.82, 2.24) is 4.98 Å². The van der Waals surface area contributed by atoms with E-state index < -0.39 is 0 Å². The maximum absolute atomic E-state index is 12.4. The molecule has 2 aromatic rings. The van der Waals surface area contributed by atoms with Gasteiger partial charge in [0.15, 0.2) is 0 Å². The summed E-state index contributed by atoms with van der Waals surface area (Å²) in [6, 6.07) is 5.91.